The highest BCUT2D eigenvalue weighted by Gasteiger charge is 2.17. The number of hydrogen-bond donors (Lipinski definition) is 1. The van der Waals surface area contributed by atoms with Gasteiger partial charge in [-0.05, 0) is 72.5 Å². The lowest BCUT2D eigenvalue weighted by Gasteiger charge is -2.18. The predicted octanol–water partition coefficient (Wildman–Crippen LogP) is 5.19. The first kappa shape index (κ1) is 18.4. The maximum absolute atomic E-state index is 12.7. The Morgan fingerprint density at radius 3 is 2.36 bits per heavy atom. The third-order valence-electron chi connectivity index (χ3n) is 5.57. The van der Waals surface area contributed by atoms with Crippen molar-refractivity contribution in [3.05, 3.63) is 66.2 Å². The lowest BCUT2D eigenvalue weighted by molar-refractivity contribution is -0.117. The minimum atomic E-state index is -0.232. The quantitative estimate of drug-likeness (QED) is 0.668. The SMILES string of the molecule is COc1ccc2cc([C@H](C)C(=O)Nc3ccc(N4CCCC4)cc3)ccc2c1. The number of ether oxygens (including phenoxy) is 1. The number of fused-ring (bicyclic) bond motifs is 1. The third-order valence-corrected chi connectivity index (χ3v) is 5.57. The van der Waals surface area contributed by atoms with Crippen LogP contribution in [0.5, 0.6) is 5.75 Å². The van der Waals surface area contributed by atoms with Gasteiger partial charge in [-0.25, -0.2) is 0 Å². The summed E-state index contributed by atoms with van der Waals surface area (Å²) in [6, 6.07) is 20.3. The molecule has 4 rings (SSSR count). The number of amides is 1. The summed E-state index contributed by atoms with van der Waals surface area (Å²) in [5, 5.41) is 5.26. The van der Waals surface area contributed by atoms with Crippen LogP contribution in [0, 0.1) is 0 Å². The van der Waals surface area contributed by atoms with Gasteiger partial charge in [-0.3, -0.25) is 4.79 Å². The zero-order valence-corrected chi connectivity index (χ0v) is 16.4. The molecular weight excluding hydrogens is 348 g/mol. The highest BCUT2D eigenvalue weighted by Crippen LogP contribution is 2.27. The van der Waals surface area contributed by atoms with Gasteiger partial charge in [0, 0.05) is 24.5 Å². The highest BCUT2D eigenvalue weighted by molar-refractivity contribution is 5.96. The first-order valence-corrected chi connectivity index (χ1v) is 9.87. The number of hydrogen-bond acceptors (Lipinski definition) is 3. The van der Waals surface area contributed by atoms with E-state index in [-0.39, 0.29) is 11.8 Å². The van der Waals surface area contributed by atoms with Crippen LogP contribution in [-0.4, -0.2) is 26.1 Å². The van der Waals surface area contributed by atoms with Gasteiger partial charge in [0.25, 0.3) is 0 Å². The van der Waals surface area contributed by atoms with E-state index in [2.05, 4.69) is 28.4 Å². The molecule has 0 saturated carbocycles. The number of carbonyl (C=O) groups excluding carboxylic acids is 1. The molecule has 3 aromatic rings. The lowest BCUT2D eigenvalue weighted by atomic mass is 9.97. The number of rotatable bonds is 5. The van der Waals surface area contributed by atoms with Crippen LogP contribution in [0.15, 0.2) is 60.7 Å². The number of nitrogens with zero attached hydrogens (tertiary/aromatic N) is 1. The highest BCUT2D eigenvalue weighted by atomic mass is 16.5. The standard InChI is InChI=1S/C24H26N2O2/c1-17(18-5-6-20-16-23(28-2)12-7-19(20)15-18)24(27)25-21-8-10-22(11-9-21)26-13-3-4-14-26/h5-12,15-17H,3-4,13-14H2,1-2H3,(H,25,27)/t17-/m0/s1. The fourth-order valence-corrected chi connectivity index (χ4v) is 3.77. The molecule has 1 atom stereocenters. The van der Waals surface area contributed by atoms with Crippen LogP contribution in [0.25, 0.3) is 10.8 Å². The molecule has 1 aliphatic rings. The molecule has 4 nitrogen and oxygen atoms in total. The molecular formula is C24H26N2O2. The van der Waals surface area contributed by atoms with E-state index >= 15 is 0 Å². The molecule has 0 spiro atoms. The first-order valence-electron chi connectivity index (χ1n) is 9.87. The van der Waals surface area contributed by atoms with E-state index in [1.807, 2.05) is 49.4 Å². The van der Waals surface area contributed by atoms with Gasteiger partial charge >= 0.3 is 0 Å². The molecule has 4 heteroatoms. The van der Waals surface area contributed by atoms with Gasteiger partial charge < -0.3 is 15.0 Å². The summed E-state index contributed by atoms with van der Waals surface area (Å²) in [6.45, 7) is 4.19. The molecule has 1 N–H and O–H groups in total. The monoisotopic (exact) mass is 374 g/mol. The van der Waals surface area contributed by atoms with Crippen LogP contribution in [0.1, 0.15) is 31.2 Å². The van der Waals surface area contributed by atoms with Crippen molar-refractivity contribution < 1.29 is 9.53 Å². The summed E-state index contributed by atoms with van der Waals surface area (Å²) in [6.07, 6.45) is 2.52. The Balaban J connectivity index is 1.46. The molecule has 0 radical (unpaired) electrons. The van der Waals surface area contributed by atoms with Gasteiger partial charge in [-0.15, -0.1) is 0 Å². The van der Waals surface area contributed by atoms with Crippen LogP contribution in [0.3, 0.4) is 0 Å². The predicted molar refractivity (Wildman–Crippen MR) is 115 cm³/mol. The normalized spacial score (nSPS) is 14.9. The van der Waals surface area contributed by atoms with Gasteiger partial charge in [0.05, 0.1) is 13.0 Å². The van der Waals surface area contributed by atoms with Crippen molar-refractivity contribution in [1.29, 1.82) is 0 Å². The number of anilines is 2. The van der Waals surface area contributed by atoms with Crippen LogP contribution in [0.2, 0.25) is 0 Å². The maximum Gasteiger partial charge on any atom is 0.231 e. The smallest absolute Gasteiger partial charge is 0.231 e. The second-order valence-electron chi connectivity index (χ2n) is 7.42. The van der Waals surface area contributed by atoms with Gasteiger partial charge in [-0.2, -0.15) is 0 Å². The molecule has 1 fully saturated rings. The van der Waals surface area contributed by atoms with E-state index in [0.29, 0.717) is 0 Å². The third kappa shape index (κ3) is 3.81. The van der Waals surface area contributed by atoms with Crippen molar-refractivity contribution in [1.82, 2.24) is 0 Å². The molecule has 3 aromatic carbocycles. The first-order chi connectivity index (χ1) is 13.6. The van der Waals surface area contributed by atoms with E-state index < -0.39 is 0 Å². The largest absolute Gasteiger partial charge is 0.497 e. The van der Waals surface area contributed by atoms with Gasteiger partial charge in [0.15, 0.2) is 0 Å². The summed E-state index contributed by atoms with van der Waals surface area (Å²) in [5.41, 5.74) is 3.07. The summed E-state index contributed by atoms with van der Waals surface area (Å²) in [7, 11) is 1.67. The molecule has 1 amide bonds. The van der Waals surface area contributed by atoms with Gasteiger partial charge in [-0.1, -0.05) is 24.3 Å². The maximum atomic E-state index is 12.7. The molecule has 0 aromatic heterocycles. The minimum absolute atomic E-state index is 0.00165. The average Bonchev–Trinajstić information content (AvgIpc) is 3.28. The van der Waals surface area contributed by atoms with Crippen molar-refractivity contribution in [3.63, 3.8) is 0 Å². The molecule has 1 heterocycles. The summed E-state index contributed by atoms with van der Waals surface area (Å²) < 4.78 is 5.28. The Bertz CT molecular complexity index is 976. The van der Waals surface area contributed by atoms with Crippen molar-refractivity contribution in [2.24, 2.45) is 0 Å². The van der Waals surface area contributed by atoms with Gasteiger partial charge in [0.1, 0.15) is 5.75 Å². The molecule has 144 valence electrons. The Hall–Kier alpha value is -3.01. The van der Waals surface area contributed by atoms with E-state index in [1.54, 1.807) is 7.11 Å². The Morgan fingerprint density at radius 1 is 0.964 bits per heavy atom. The number of carbonyl (C=O) groups is 1. The Labute approximate surface area is 166 Å². The van der Waals surface area contributed by atoms with Crippen molar-refractivity contribution in [2.45, 2.75) is 25.7 Å². The minimum Gasteiger partial charge on any atom is -0.497 e. The lowest BCUT2D eigenvalue weighted by Crippen LogP contribution is -2.19. The molecule has 0 aliphatic carbocycles. The number of benzene rings is 3. The number of nitrogens with one attached hydrogen (secondary N) is 1. The van der Waals surface area contributed by atoms with Crippen LogP contribution >= 0.6 is 0 Å². The zero-order chi connectivity index (χ0) is 19.5. The zero-order valence-electron chi connectivity index (χ0n) is 16.4. The second-order valence-corrected chi connectivity index (χ2v) is 7.42. The molecule has 0 bridgehead atoms. The van der Waals surface area contributed by atoms with Crippen LogP contribution in [0.4, 0.5) is 11.4 Å². The summed E-state index contributed by atoms with van der Waals surface area (Å²) >= 11 is 0. The second kappa shape index (κ2) is 7.93. The van der Waals surface area contributed by atoms with E-state index in [0.717, 1.165) is 40.9 Å². The Kier molecular flexibility index (Phi) is 5.20. The summed E-state index contributed by atoms with van der Waals surface area (Å²) in [5.74, 6) is 0.606. The fourth-order valence-electron chi connectivity index (χ4n) is 3.77. The molecule has 0 unspecified atom stereocenters. The summed E-state index contributed by atoms with van der Waals surface area (Å²) in [4.78, 5) is 15.1. The molecule has 28 heavy (non-hydrogen) atoms. The number of methoxy groups -OCH3 is 1. The van der Waals surface area contributed by atoms with Gasteiger partial charge in [0.2, 0.25) is 5.91 Å². The molecule has 1 saturated heterocycles. The molecule has 1 aliphatic heterocycles. The fraction of sp³-hybridized carbons (Fsp3) is 0.292. The Morgan fingerprint density at radius 2 is 1.64 bits per heavy atom. The van der Waals surface area contributed by atoms with Crippen molar-refractivity contribution in [3.8, 4) is 5.75 Å². The van der Waals surface area contributed by atoms with Crippen LogP contribution in [-0.2, 0) is 4.79 Å². The van der Waals surface area contributed by atoms with Crippen LogP contribution < -0.4 is 15.0 Å². The van der Waals surface area contributed by atoms with E-state index in [9.17, 15) is 4.79 Å². The van der Waals surface area contributed by atoms with E-state index in [4.69, 9.17) is 4.74 Å². The van der Waals surface area contributed by atoms with Crippen molar-refractivity contribution >= 4 is 28.1 Å². The van der Waals surface area contributed by atoms with Crippen molar-refractivity contribution in [2.75, 3.05) is 30.4 Å². The van der Waals surface area contributed by atoms with E-state index in [1.165, 1.54) is 18.5 Å². The topological polar surface area (TPSA) is 41.6 Å². The average molecular weight is 374 g/mol.